The second-order valence-electron chi connectivity index (χ2n) is 2.76. The summed E-state index contributed by atoms with van der Waals surface area (Å²) in [6.07, 6.45) is 0. The molecular weight excluding hydrogens is 230 g/mol. The number of carbonyl (C=O) groups is 1. The van der Waals surface area contributed by atoms with Crippen molar-refractivity contribution in [3.8, 4) is 10.4 Å². The van der Waals surface area contributed by atoms with E-state index < -0.39 is 0 Å². The van der Waals surface area contributed by atoms with Gasteiger partial charge in [-0.2, -0.15) is 11.3 Å². The van der Waals surface area contributed by atoms with Crippen LogP contribution in [0, 0.1) is 0 Å². The van der Waals surface area contributed by atoms with Gasteiger partial charge in [-0.05, 0) is 23.8 Å². The van der Waals surface area contributed by atoms with Crippen LogP contribution in [0.25, 0.3) is 10.4 Å². The predicted molar refractivity (Wildman–Crippen MR) is 61.4 cm³/mol. The first-order chi connectivity index (χ1) is 7.33. The number of esters is 1. The smallest absolute Gasteiger partial charge is 0.358 e. The molecular formula is C10H9NO2S2. The molecule has 2 rings (SSSR count). The predicted octanol–water partition coefficient (Wildman–Crippen LogP) is 3.05. The van der Waals surface area contributed by atoms with Crippen LogP contribution in [-0.4, -0.2) is 17.6 Å². The molecule has 0 bridgehead atoms. The molecule has 0 aromatic carbocycles. The molecule has 2 aromatic heterocycles. The largest absolute Gasteiger partial charge is 0.461 e. The first kappa shape index (κ1) is 10.3. The van der Waals surface area contributed by atoms with Gasteiger partial charge in [0, 0.05) is 5.56 Å². The standard InChI is InChI=1S/C10H9NO2S2/c1-2-13-10(12)8-9(15-6-11-8)7-3-4-14-5-7/h3-6H,2H2,1H3. The number of thiazole rings is 1. The van der Waals surface area contributed by atoms with Gasteiger partial charge in [0.2, 0.25) is 0 Å². The Morgan fingerprint density at radius 1 is 1.60 bits per heavy atom. The summed E-state index contributed by atoms with van der Waals surface area (Å²) < 4.78 is 4.93. The van der Waals surface area contributed by atoms with E-state index in [9.17, 15) is 4.79 Å². The fourth-order valence-corrected chi connectivity index (χ4v) is 2.69. The molecule has 2 heterocycles. The van der Waals surface area contributed by atoms with E-state index in [1.165, 1.54) is 11.3 Å². The highest BCUT2D eigenvalue weighted by atomic mass is 32.1. The number of hydrogen-bond acceptors (Lipinski definition) is 5. The van der Waals surface area contributed by atoms with E-state index in [-0.39, 0.29) is 5.97 Å². The topological polar surface area (TPSA) is 39.2 Å². The number of thiophene rings is 1. The highest BCUT2D eigenvalue weighted by molar-refractivity contribution is 7.14. The van der Waals surface area contributed by atoms with Crippen LogP contribution in [0.15, 0.2) is 22.3 Å². The van der Waals surface area contributed by atoms with Crippen molar-refractivity contribution in [2.75, 3.05) is 6.61 Å². The fraction of sp³-hybridized carbons (Fsp3) is 0.200. The van der Waals surface area contributed by atoms with Crippen molar-refractivity contribution in [1.82, 2.24) is 4.98 Å². The summed E-state index contributed by atoms with van der Waals surface area (Å²) >= 11 is 3.05. The molecule has 0 fully saturated rings. The Kier molecular flexibility index (Phi) is 3.13. The van der Waals surface area contributed by atoms with E-state index in [1.54, 1.807) is 23.8 Å². The summed E-state index contributed by atoms with van der Waals surface area (Å²) in [4.78, 5) is 16.5. The van der Waals surface area contributed by atoms with Crippen LogP contribution in [0.4, 0.5) is 0 Å². The molecule has 0 unspecified atom stereocenters. The molecule has 0 aliphatic carbocycles. The maximum atomic E-state index is 11.5. The van der Waals surface area contributed by atoms with Gasteiger partial charge in [-0.15, -0.1) is 11.3 Å². The van der Waals surface area contributed by atoms with Crippen molar-refractivity contribution in [3.05, 3.63) is 28.0 Å². The average Bonchev–Trinajstić information content (AvgIpc) is 2.88. The zero-order valence-electron chi connectivity index (χ0n) is 8.10. The van der Waals surface area contributed by atoms with Crippen molar-refractivity contribution in [2.45, 2.75) is 6.92 Å². The van der Waals surface area contributed by atoms with Gasteiger partial charge < -0.3 is 4.74 Å². The van der Waals surface area contributed by atoms with Crippen LogP contribution >= 0.6 is 22.7 Å². The lowest BCUT2D eigenvalue weighted by atomic mass is 10.2. The van der Waals surface area contributed by atoms with Crippen LogP contribution < -0.4 is 0 Å². The van der Waals surface area contributed by atoms with Gasteiger partial charge in [-0.3, -0.25) is 0 Å². The van der Waals surface area contributed by atoms with Gasteiger partial charge in [0.1, 0.15) is 0 Å². The molecule has 0 aliphatic rings. The third-order valence-corrected chi connectivity index (χ3v) is 3.38. The number of carbonyl (C=O) groups excluding carboxylic acids is 1. The molecule has 0 aliphatic heterocycles. The maximum Gasteiger partial charge on any atom is 0.358 e. The molecule has 0 N–H and O–H groups in total. The van der Waals surface area contributed by atoms with Crippen LogP contribution in [0.3, 0.4) is 0 Å². The first-order valence-electron chi connectivity index (χ1n) is 4.46. The molecule has 15 heavy (non-hydrogen) atoms. The summed E-state index contributed by atoms with van der Waals surface area (Å²) in [5.41, 5.74) is 3.12. The molecule has 5 heteroatoms. The van der Waals surface area contributed by atoms with Crippen molar-refractivity contribution in [3.63, 3.8) is 0 Å². The molecule has 78 valence electrons. The molecule has 3 nitrogen and oxygen atoms in total. The Labute approximate surface area is 95.4 Å². The van der Waals surface area contributed by atoms with Crippen molar-refractivity contribution in [1.29, 1.82) is 0 Å². The van der Waals surface area contributed by atoms with Gasteiger partial charge in [0.05, 0.1) is 17.0 Å². The molecule has 0 amide bonds. The number of ether oxygens (including phenoxy) is 1. The zero-order valence-corrected chi connectivity index (χ0v) is 9.73. The highest BCUT2D eigenvalue weighted by Crippen LogP contribution is 2.29. The number of nitrogens with zero attached hydrogens (tertiary/aromatic N) is 1. The monoisotopic (exact) mass is 239 g/mol. The van der Waals surface area contributed by atoms with E-state index in [0.717, 1.165) is 10.4 Å². The molecule has 2 aromatic rings. The molecule has 0 radical (unpaired) electrons. The van der Waals surface area contributed by atoms with Crippen molar-refractivity contribution < 1.29 is 9.53 Å². The van der Waals surface area contributed by atoms with E-state index in [0.29, 0.717) is 12.3 Å². The quantitative estimate of drug-likeness (QED) is 0.773. The Morgan fingerprint density at radius 3 is 3.13 bits per heavy atom. The van der Waals surface area contributed by atoms with Gasteiger partial charge >= 0.3 is 5.97 Å². The zero-order chi connectivity index (χ0) is 10.7. The Balaban J connectivity index is 2.34. The minimum Gasteiger partial charge on any atom is -0.461 e. The van der Waals surface area contributed by atoms with Gasteiger partial charge in [0.15, 0.2) is 5.69 Å². The summed E-state index contributed by atoms with van der Waals surface area (Å²) in [5, 5.41) is 3.97. The third kappa shape index (κ3) is 2.08. The normalized spacial score (nSPS) is 10.2. The molecule has 0 atom stereocenters. The summed E-state index contributed by atoms with van der Waals surface area (Å²) in [7, 11) is 0. The Morgan fingerprint density at radius 2 is 2.47 bits per heavy atom. The second-order valence-corrected chi connectivity index (χ2v) is 4.40. The fourth-order valence-electron chi connectivity index (χ4n) is 1.19. The van der Waals surface area contributed by atoms with Crippen LogP contribution in [0.2, 0.25) is 0 Å². The lowest BCUT2D eigenvalue weighted by Gasteiger charge is -2.00. The molecule has 0 saturated carbocycles. The van der Waals surface area contributed by atoms with Crippen LogP contribution in [-0.2, 0) is 4.74 Å². The minimum absolute atomic E-state index is 0.347. The number of aromatic nitrogens is 1. The van der Waals surface area contributed by atoms with E-state index >= 15 is 0 Å². The lowest BCUT2D eigenvalue weighted by molar-refractivity contribution is 0.0521. The third-order valence-electron chi connectivity index (χ3n) is 1.82. The highest BCUT2D eigenvalue weighted by Gasteiger charge is 2.17. The van der Waals surface area contributed by atoms with Crippen molar-refractivity contribution in [2.24, 2.45) is 0 Å². The minimum atomic E-state index is -0.347. The lowest BCUT2D eigenvalue weighted by Crippen LogP contribution is -2.05. The second kappa shape index (κ2) is 4.55. The number of hydrogen-bond donors (Lipinski definition) is 0. The summed E-state index contributed by atoms with van der Waals surface area (Å²) in [5.74, 6) is -0.347. The average molecular weight is 239 g/mol. The molecule has 0 saturated heterocycles. The van der Waals surface area contributed by atoms with Crippen LogP contribution in [0.5, 0.6) is 0 Å². The van der Waals surface area contributed by atoms with Gasteiger partial charge in [-0.25, -0.2) is 9.78 Å². The van der Waals surface area contributed by atoms with E-state index in [4.69, 9.17) is 4.74 Å². The van der Waals surface area contributed by atoms with Crippen molar-refractivity contribution >= 4 is 28.6 Å². The number of rotatable bonds is 3. The first-order valence-corrected chi connectivity index (χ1v) is 6.28. The van der Waals surface area contributed by atoms with Crippen LogP contribution in [0.1, 0.15) is 17.4 Å². The van der Waals surface area contributed by atoms with Gasteiger partial charge in [-0.1, -0.05) is 0 Å². The van der Waals surface area contributed by atoms with Gasteiger partial charge in [0.25, 0.3) is 0 Å². The Bertz CT molecular complexity index is 448. The Hall–Kier alpha value is -1.20. The maximum absolute atomic E-state index is 11.5. The van der Waals surface area contributed by atoms with E-state index in [1.807, 2.05) is 16.8 Å². The summed E-state index contributed by atoms with van der Waals surface area (Å²) in [6.45, 7) is 2.16. The van der Waals surface area contributed by atoms with E-state index in [2.05, 4.69) is 4.98 Å². The molecule has 0 spiro atoms. The SMILES string of the molecule is CCOC(=O)c1ncsc1-c1ccsc1. The summed E-state index contributed by atoms with van der Waals surface area (Å²) in [6, 6.07) is 1.97.